The lowest BCUT2D eigenvalue weighted by Crippen LogP contribution is -2.47. The zero-order valence-corrected chi connectivity index (χ0v) is 8.12. The van der Waals surface area contributed by atoms with Crippen LogP contribution in [0.25, 0.3) is 0 Å². The second-order valence-electron chi connectivity index (χ2n) is 3.42. The van der Waals surface area contributed by atoms with Gasteiger partial charge in [0.2, 0.25) is 0 Å². The van der Waals surface area contributed by atoms with E-state index in [9.17, 15) is 27.9 Å². The Balaban J connectivity index is 2.54. The van der Waals surface area contributed by atoms with Gasteiger partial charge in [-0.1, -0.05) is 0 Å². The van der Waals surface area contributed by atoms with Crippen LogP contribution in [0.1, 0.15) is 12.8 Å². The summed E-state index contributed by atoms with van der Waals surface area (Å²) in [6.07, 6.45) is -6.02. The van der Waals surface area contributed by atoms with E-state index in [-0.39, 0.29) is 19.5 Å². The largest absolute Gasteiger partial charge is 0.576 e. The summed E-state index contributed by atoms with van der Waals surface area (Å²) in [6, 6.07) is 0. The van der Waals surface area contributed by atoms with Gasteiger partial charge in [-0.15, -0.1) is 13.2 Å². The van der Waals surface area contributed by atoms with Crippen molar-refractivity contribution in [3.05, 3.63) is 0 Å². The molecule has 1 aliphatic heterocycles. The van der Waals surface area contributed by atoms with E-state index < -0.39 is 24.3 Å². The van der Waals surface area contributed by atoms with Crippen LogP contribution in [0.5, 0.6) is 0 Å². The van der Waals surface area contributed by atoms with Crippen LogP contribution in [0.4, 0.5) is 18.0 Å². The molecular weight excluding hydrogens is 231 g/mol. The van der Waals surface area contributed by atoms with E-state index in [2.05, 4.69) is 4.74 Å². The van der Waals surface area contributed by atoms with Crippen molar-refractivity contribution in [3.8, 4) is 0 Å². The summed E-state index contributed by atoms with van der Waals surface area (Å²) < 4.78 is 38.3. The molecule has 0 aromatic heterocycles. The highest BCUT2D eigenvalue weighted by Gasteiger charge is 2.37. The Morgan fingerprint density at radius 1 is 1.38 bits per heavy atom. The van der Waals surface area contributed by atoms with E-state index in [1.54, 1.807) is 0 Å². The van der Waals surface area contributed by atoms with Gasteiger partial charge in [-0.05, 0) is 12.8 Å². The molecule has 1 atom stereocenters. The number of hydrogen-bond donors (Lipinski definition) is 0. The molecule has 0 saturated carbocycles. The van der Waals surface area contributed by atoms with Crippen LogP contribution in [0.3, 0.4) is 0 Å². The zero-order valence-electron chi connectivity index (χ0n) is 8.12. The number of aliphatic carboxylic acids is 1. The van der Waals surface area contributed by atoms with Gasteiger partial charge in [0.1, 0.15) is 0 Å². The van der Waals surface area contributed by atoms with E-state index in [4.69, 9.17) is 0 Å². The fourth-order valence-electron chi connectivity index (χ4n) is 1.50. The topological polar surface area (TPSA) is 69.7 Å². The molecule has 5 nitrogen and oxygen atoms in total. The van der Waals surface area contributed by atoms with Crippen molar-refractivity contribution in [1.29, 1.82) is 0 Å². The third-order valence-electron chi connectivity index (χ3n) is 2.22. The molecule has 0 aromatic rings. The molecule has 0 radical (unpaired) electrons. The second-order valence-corrected chi connectivity index (χ2v) is 3.42. The predicted molar refractivity (Wildman–Crippen MR) is 41.8 cm³/mol. The van der Waals surface area contributed by atoms with Crippen LogP contribution in [-0.2, 0) is 9.53 Å². The number of nitrogens with zero attached hydrogens (tertiary/aromatic N) is 1. The molecular formula is C8H9F3NO4-. The van der Waals surface area contributed by atoms with Crippen molar-refractivity contribution < 1.29 is 32.6 Å². The number of piperidine rings is 1. The third kappa shape index (κ3) is 3.59. The highest BCUT2D eigenvalue weighted by Crippen LogP contribution is 2.21. The van der Waals surface area contributed by atoms with E-state index in [0.717, 1.165) is 4.90 Å². The molecule has 16 heavy (non-hydrogen) atoms. The van der Waals surface area contributed by atoms with E-state index >= 15 is 0 Å². The first-order valence-corrected chi connectivity index (χ1v) is 4.55. The number of carboxylic acids is 1. The fraction of sp³-hybridized carbons (Fsp3) is 0.750. The van der Waals surface area contributed by atoms with Crippen LogP contribution in [0.15, 0.2) is 0 Å². The first-order chi connectivity index (χ1) is 7.29. The molecule has 1 unspecified atom stereocenters. The molecule has 1 fully saturated rings. The van der Waals surface area contributed by atoms with Crippen LogP contribution < -0.4 is 5.11 Å². The zero-order chi connectivity index (χ0) is 12.3. The number of carboxylic acid groups (broad SMARTS) is 1. The molecule has 8 heteroatoms. The lowest BCUT2D eigenvalue weighted by molar-refractivity contribution is -0.313. The molecule has 0 aliphatic carbocycles. The smallest absolute Gasteiger partial charge is 0.550 e. The molecule has 0 aromatic carbocycles. The normalized spacial score (nSPS) is 21.7. The summed E-state index contributed by atoms with van der Waals surface area (Å²) in [7, 11) is 0. The highest BCUT2D eigenvalue weighted by atomic mass is 19.4. The minimum absolute atomic E-state index is 0.0543. The number of alkyl halides is 3. The summed E-state index contributed by atoms with van der Waals surface area (Å²) in [5, 5.41) is 10.5. The summed E-state index contributed by atoms with van der Waals surface area (Å²) in [6.45, 7) is -0.254. The number of amides is 1. The van der Waals surface area contributed by atoms with Crippen LogP contribution >= 0.6 is 0 Å². The van der Waals surface area contributed by atoms with Gasteiger partial charge >= 0.3 is 12.5 Å². The van der Waals surface area contributed by atoms with Gasteiger partial charge in [-0.25, -0.2) is 4.79 Å². The lowest BCUT2D eigenvalue weighted by Gasteiger charge is -2.32. The molecule has 1 heterocycles. The van der Waals surface area contributed by atoms with Gasteiger partial charge in [0, 0.05) is 25.0 Å². The number of carbonyl (C=O) groups excluding carboxylic acids is 2. The number of likely N-dealkylation sites (tertiary alicyclic amines) is 1. The lowest BCUT2D eigenvalue weighted by atomic mass is 9.99. The monoisotopic (exact) mass is 240 g/mol. The Morgan fingerprint density at radius 2 is 2.00 bits per heavy atom. The Hall–Kier alpha value is -1.47. The molecule has 1 rings (SSSR count). The van der Waals surface area contributed by atoms with Crippen molar-refractivity contribution in [2.24, 2.45) is 5.92 Å². The molecule has 0 spiro atoms. The van der Waals surface area contributed by atoms with Gasteiger partial charge < -0.3 is 19.5 Å². The van der Waals surface area contributed by atoms with Crippen LogP contribution in [0, 0.1) is 5.92 Å². The van der Waals surface area contributed by atoms with E-state index in [1.165, 1.54) is 0 Å². The number of hydrogen-bond acceptors (Lipinski definition) is 4. The number of rotatable bonds is 1. The van der Waals surface area contributed by atoms with E-state index in [0.29, 0.717) is 6.42 Å². The SMILES string of the molecule is O=C([O-])C1CCCN(C(=O)OC(F)(F)F)C1. The standard InChI is InChI=1S/C8H10F3NO4/c9-8(10,11)16-7(15)12-3-1-2-5(4-12)6(13)14/h5H,1-4H2,(H,13,14)/p-1. The van der Waals surface area contributed by atoms with Gasteiger partial charge in [0.15, 0.2) is 0 Å². The van der Waals surface area contributed by atoms with Crippen LogP contribution in [0.2, 0.25) is 0 Å². The van der Waals surface area contributed by atoms with Crippen molar-refractivity contribution >= 4 is 12.1 Å². The molecule has 92 valence electrons. The average molecular weight is 240 g/mol. The number of halogens is 3. The maximum absolute atomic E-state index is 11.7. The maximum Gasteiger partial charge on any atom is 0.576 e. The Labute approximate surface area is 88.8 Å². The van der Waals surface area contributed by atoms with Gasteiger partial charge in [-0.3, -0.25) is 0 Å². The Morgan fingerprint density at radius 3 is 2.50 bits per heavy atom. The minimum atomic E-state index is -5.05. The average Bonchev–Trinajstić information content (AvgIpc) is 2.15. The summed E-state index contributed by atoms with van der Waals surface area (Å²) in [4.78, 5) is 22.2. The van der Waals surface area contributed by atoms with Gasteiger partial charge in [0.25, 0.3) is 0 Å². The number of ether oxygens (including phenoxy) is 1. The Kier molecular flexibility index (Phi) is 3.61. The van der Waals surface area contributed by atoms with E-state index in [1.807, 2.05) is 0 Å². The predicted octanol–water partition coefficient (Wildman–Crippen LogP) is 0.105. The molecule has 0 N–H and O–H groups in total. The Bertz CT molecular complexity index is 291. The van der Waals surface area contributed by atoms with Crippen molar-refractivity contribution in [2.75, 3.05) is 13.1 Å². The quantitative estimate of drug-likeness (QED) is 0.652. The molecule has 1 aliphatic rings. The first kappa shape index (κ1) is 12.6. The van der Waals surface area contributed by atoms with Crippen molar-refractivity contribution in [2.45, 2.75) is 19.2 Å². The van der Waals surface area contributed by atoms with Gasteiger partial charge in [-0.2, -0.15) is 0 Å². The highest BCUT2D eigenvalue weighted by molar-refractivity contribution is 5.71. The minimum Gasteiger partial charge on any atom is -0.550 e. The molecule has 1 saturated heterocycles. The van der Waals surface area contributed by atoms with Crippen molar-refractivity contribution in [3.63, 3.8) is 0 Å². The first-order valence-electron chi connectivity index (χ1n) is 4.55. The second kappa shape index (κ2) is 4.58. The number of carbonyl (C=O) groups is 2. The third-order valence-corrected chi connectivity index (χ3v) is 2.22. The molecule has 0 bridgehead atoms. The van der Waals surface area contributed by atoms with Gasteiger partial charge in [0.05, 0.1) is 0 Å². The summed E-state index contributed by atoms with van der Waals surface area (Å²) >= 11 is 0. The fourth-order valence-corrected chi connectivity index (χ4v) is 1.50. The summed E-state index contributed by atoms with van der Waals surface area (Å²) in [5.41, 5.74) is 0. The molecule has 1 amide bonds. The van der Waals surface area contributed by atoms with Crippen molar-refractivity contribution in [1.82, 2.24) is 4.90 Å². The summed E-state index contributed by atoms with van der Waals surface area (Å²) in [5.74, 6) is -2.31. The maximum atomic E-state index is 11.7. The van der Waals surface area contributed by atoms with Crippen LogP contribution in [-0.4, -0.2) is 36.4 Å².